The standard InChI is InChI=1S/C14H28N2O/c1-16-10-13(6-7-17)8-14(11-16)15-9-12-4-2-3-5-12/h12-15,17H,2-11H2,1H3. The van der Waals surface area contributed by atoms with Crippen molar-refractivity contribution < 1.29 is 5.11 Å². The number of likely N-dealkylation sites (tertiary alicyclic amines) is 1. The van der Waals surface area contributed by atoms with Crippen LogP contribution in [-0.4, -0.2) is 49.3 Å². The lowest BCUT2D eigenvalue weighted by Crippen LogP contribution is -2.48. The maximum absolute atomic E-state index is 9.05. The zero-order chi connectivity index (χ0) is 12.1. The third-order valence-corrected chi connectivity index (χ3v) is 4.43. The Morgan fingerprint density at radius 2 is 1.94 bits per heavy atom. The maximum Gasteiger partial charge on any atom is 0.0434 e. The van der Waals surface area contributed by atoms with Gasteiger partial charge in [-0.1, -0.05) is 12.8 Å². The van der Waals surface area contributed by atoms with Crippen molar-refractivity contribution in [2.75, 3.05) is 33.3 Å². The molecule has 1 aliphatic heterocycles. The number of nitrogens with one attached hydrogen (secondary N) is 1. The zero-order valence-corrected chi connectivity index (χ0v) is 11.2. The number of hydrogen-bond acceptors (Lipinski definition) is 3. The molecule has 0 amide bonds. The molecule has 2 N–H and O–H groups in total. The first-order chi connectivity index (χ1) is 8.28. The van der Waals surface area contributed by atoms with Gasteiger partial charge in [-0.15, -0.1) is 0 Å². The first kappa shape index (κ1) is 13.3. The fraction of sp³-hybridized carbons (Fsp3) is 1.00. The Kier molecular flexibility index (Phi) is 5.26. The summed E-state index contributed by atoms with van der Waals surface area (Å²) in [6.07, 6.45) is 7.93. The van der Waals surface area contributed by atoms with E-state index in [9.17, 15) is 0 Å². The fourth-order valence-corrected chi connectivity index (χ4v) is 3.53. The quantitative estimate of drug-likeness (QED) is 0.764. The van der Waals surface area contributed by atoms with Gasteiger partial charge in [-0.05, 0) is 51.1 Å². The van der Waals surface area contributed by atoms with Gasteiger partial charge in [-0.3, -0.25) is 0 Å². The molecule has 2 aliphatic rings. The van der Waals surface area contributed by atoms with Crippen LogP contribution in [0.1, 0.15) is 38.5 Å². The Morgan fingerprint density at radius 3 is 2.65 bits per heavy atom. The highest BCUT2D eigenvalue weighted by atomic mass is 16.3. The van der Waals surface area contributed by atoms with Crippen molar-refractivity contribution in [3.8, 4) is 0 Å². The highest BCUT2D eigenvalue weighted by Gasteiger charge is 2.25. The van der Waals surface area contributed by atoms with E-state index < -0.39 is 0 Å². The molecule has 1 saturated heterocycles. The number of rotatable bonds is 5. The van der Waals surface area contributed by atoms with Crippen LogP contribution >= 0.6 is 0 Å². The van der Waals surface area contributed by atoms with Crippen molar-refractivity contribution in [2.45, 2.75) is 44.6 Å². The Labute approximate surface area is 106 Å². The predicted molar refractivity (Wildman–Crippen MR) is 71.1 cm³/mol. The van der Waals surface area contributed by atoms with E-state index in [0.717, 1.165) is 18.9 Å². The van der Waals surface area contributed by atoms with E-state index >= 15 is 0 Å². The molecule has 17 heavy (non-hydrogen) atoms. The van der Waals surface area contributed by atoms with Gasteiger partial charge in [0.15, 0.2) is 0 Å². The van der Waals surface area contributed by atoms with Crippen LogP contribution in [0.4, 0.5) is 0 Å². The zero-order valence-electron chi connectivity index (χ0n) is 11.2. The van der Waals surface area contributed by atoms with E-state index in [1.54, 1.807) is 0 Å². The van der Waals surface area contributed by atoms with Gasteiger partial charge >= 0.3 is 0 Å². The average Bonchev–Trinajstić information content (AvgIpc) is 2.79. The van der Waals surface area contributed by atoms with Gasteiger partial charge in [-0.2, -0.15) is 0 Å². The van der Waals surface area contributed by atoms with Crippen LogP contribution in [0.2, 0.25) is 0 Å². The normalized spacial score (nSPS) is 32.1. The minimum Gasteiger partial charge on any atom is -0.396 e. The third kappa shape index (κ3) is 4.23. The second-order valence-electron chi connectivity index (χ2n) is 6.09. The number of nitrogens with zero attached hydrogens (tertiary/aromatic N) is 1. The number of hydrogen-bond donors (Lipinski definition) is 2. The summed E-state index contributed by atoms with van der Waals surface area (Å²) in [6.45, 7) is 3.88. The van der Waals surface area contributed by atoms with E-state index in [1.807, 2.05) is 0 Å². The van der Waals surface area contributed by atoms with Gasteiger partial charge < -0.3 is 15.3 Å². The molecule has 0 bridgehead atoms. The molecule has 1 aliphatic carbocycles. The fourth-order valence-electron chi connectivity index (χ4n) is 3.53. The van der Waals surface area contributed by atoms with Crippen LogP contribution in [-0.2, 0) is 0 Å². The summed E-state index contributed by atoms with van der Waals surface area (Å²) in [6, 6.07) is 0.644. The van der Waals surface area contributed by atoms with Crippen LogP contribution in [0, 0.1) is 11.8 Å². The van der Waals surface area contributed by atoms with Crippen LogP contribution in [0.3, 0.4) is 0 Å². The summed E-state index contributed by atoms with van der Waals surface area (Å²) in [5.74, 6) is 1.61. The maximum atomic E-state index is 9.05. The lowest BCUT2D eigenvalue weighted by Gasteiger charge is -2.36. The molecule has 3 heteroatoms. The largest absolute Gasteiger partial charge is 0.396 e. The minimum atomic E-state index is 0.341. The monoisotopic (exact) mass is 240 g/mol. The Morgan fingerprint density at radius 1 is 1.18 bits per heavy atom. The van der Waals surface area contributed by atoms with E-state index in [0.29, 0.717) is 18.6 Å². The highest BCUT2D eigenvalue weighted by molar-refractivity contribution is 4.83. The molecule has 0 aromatic rings. The van der Waals surface area contributed by atoms with Gasteiger partial charge in [0.05, 0.1) is 0 Å². The van der Waals surface area contributed by atoms with Gasteiger partial charge in [0, 0.05) is 25.7 Å². The molecule has 3 nitrogen and oxygen atoms in total. The highest BCUT2D eigenvalue weighted by Crippen LogP contribution is 2.25. The molecular weight excluding hydrogens is 212 g/mol. The summed E-state index contributed by atoms with van der Waals surface area (Å²) >= 11 is 0. The van der Waals surface area contributed by atoms with Gasteiger partial charge in [0.1, 0.15) is 0 Å². The van der Waals surface area contributed by atoms with Gasteiger partial charge in [0.2, 0.25) is 0 Å². The van der Waals surface area contributed by atoms with Gasteiger partial charge in [-0.25, -0.2) is 0 Å². The molecule has 100 valence electrons. The number of aliphatic hydroxyl groups excluding tert-OH is 1. The summed E-state index contributed by atoms with van der Waals surface area (Å²) in [4.78, 5) is 2.41. The molecule has 0 aromatic carbocycles. The number of aliphatic hydroxyl groups is 1. The first-order valence-corrected chi connectivity index (χ1v) is 7.30. The Bertz CT molecular complexity index is 216. The Hall–Kier alpha value is -0.120. The summed E-state index contributed by atoms with van der Waals surface area (Å²) < 4.78 is 0. The van der Waals surface area contributed by atoms with Crippen LogP contribution < -0.4 is 5.32 Å². The van der Waals surface area contributed by atoms with Crippen LogP contribution in [0.5, 0.6) is 0 Å². The molecule has 0 radical (unpaired) electrons. The summed E-state index contributed by atoms with van der Waals surface area (Å²) in [5.41, 5.74) is 0. The SMILES string of the molecule is CN1CC(CCO)CC(NCC2CCCC2)C1. The summed E-state index contributed by atoms with van der Waals surface area (Å²) in [7, 11) is 2.20. The van der Waals surface area contributed by atoms with Crippen LogP contribution in [0.15, 0.2) is 0 Å². The van der Waals surface area contributed by atoms with Crippen molar-refractivity contribution >= 4 is 0 Å². The average molecular weight is 240 g/mol. The van der Waals surface area contributed by atoms with Crippen molar-refractivity contribution in [3.05, 3.63) is 0 Å². The molecule has 2 unspecified atom stereocenters. The smallest absolute Gasteiger partial charge is 0.0434 e. The Balaban J connectivity index is 1.71. The number of piperidine rings is 1. The molecule has 2 rings (SSSR count). The van der Waals surface area contributed by atoms with Gasteiger partial charge in [0.25, 0.3) is 0 Å². The lowest BCUT2D eigenvalue weighted by atomic mass is 9.91. The third-order valence-electron chi connectivity index (χ3n) is 4.43. The van der Waals surface area contributed by atoms with E-state index in [-0.39, 0.29) is 0 Å². The van der Waals surface area contributed by atoms with Crippen molar-refractivity contribution in [1.29, 1.82) is 0 Å². The topological polar surface area (TPSA) is 35.5 Å². The van der Waals surface area contributed by atoms with E-state index in [4.69, 9.17) is 5.11 Å². The molecular formula is C14H28N2O. The number of likely N-dealkylation sites (N-methyl/N-ethyl adjacent to an activating group) is 1. The summed E-state index contributed by atoms with van der Waals surface area (Å²) in [5, 5.41) is 12.8. The lowest BCUT2D eigenvalue weighted by molar-refractivity contribution is 0.140. The molecule has 2 atom stereocenters. The van der Waals surface area contributed by atoms with Crippen molar-refractivity contribution in [1.82, 2.24) is 10.2 Å². The second-order valence-corrected chi connectivity index (χ2v) is 6.09. The molecule has 1 heterocycles. The molecule has 1 saturated carbocycles. The molecule has 2 fully saturated rings. The first-order valence-electron chi connectivity index (χ1n) is 7.30. The van der Waals surface area contributed by atoms with Crippen molar-refractivity contribution in [3.63, 3.8) is 0 Å². The molecule has 0 aromatic heterocycles. The van der Waals surface area contributed by atoms with E-state index in [1.165, 1.54) is 45.2 Å². The predicted octanol–water partition coefficient (Wildman–Crippen LogP) is 1.47. The van der Waals surface area contributed by atoms with E-state index in [2.05, 4.69) is 17.3 Å². The van der Waals surface area contributed by atoms with Crippen molar-refractivity contribution in [2.24, 2.45) is 11.8 Å². The van der Waals surface area contributed by atoms with Crippen LogP contribution in [0.25, 0.3) is 0 Å². The minimum absolute atomic E-state index is 0.341. The molecule has 0 spiro atoms. The second kappa shape index (κ2) is 6.72.